The molecule has 1 aromatic carbocycles. The third-order valence-electron chi connectivity index (χ3n) is 2.00. The van der Waals surface area contributed by atoms with Gasteiger partial charge in [-0.3, -0.25) is 9.79 Å². The molecule has 0 fully saturated rings. The Morgan fingerprint density at radius 3 is 3.00 bits per heavy atom. The van der Waals surface area contributed by atoms with Crippen molar-refractivity contribution < 1.29 is 4.79 Å². The first kappa shape index (κ1) is 7.22. The highest BCUT2D eigenvalue weighted by molar-refractivity contribution is 6.36. The Labute approximate surface area is 70.9 Å². The summed E-state index contributed by atoms with van der Waals surface area (Å²) in [6, 6.07) is 7.68. The van der Waals surface area contributed by atoms with E-state index in [2.05, 4.69) is 4.99 Å². The van der Waals surface area contributed by atoms with Crippen LogP contribution >= 0.6 is 0 Å². The van der Waals surface area contributed by atoms with Crippen LogP contribution < -0.4 is 0 Å². The standard InChI is InChI=1S/C10H9NO/c12-10-7-11-6-5-8-3-1-2-4-9(8)10/h1-4,7H,5-6H2. The van der Waals surface area contributed by atoms with Gasteiger partial charge in [0.2, 0.25) is 5.78 Å². The molecule has 0 spiro atoms. The summed E-state index contributed by atoms with van der Waals surface area (Å²) < 4.78 is 0. The maximum absolute atomic E-state index is 11.4. The molecule has 0 aliphatic carbocycles. The molecule has 0 atom stereocenters. The Bertz CT molecular complexity index is 341. The molecule has 0 N–H and O–H groups in total. The Kier molecular flexibility index (Phi) is 1.74. The van der Waals surface area contributed by atoms with E-state index in [1.807, 2.05) is 24.3 Å². The first-order valence-electron chi connectivity index (χ1n) is 4.00. The third-order valence-corrected chi connectivity index (χ3v) is 2.00. The molecule has 0 unspecified atom stereocenters. The lowest BCUT2D eigenvalue weighted by Gasteiger charge is -2.00. The Balaban J connectivity index is 2.53. The molecule has 0 radical (unpaired) electrons. The first-order valence-corrected chi connectivity index (χ1v) is 4.00. The molecule has 2 nitrogen and oxygen atoms in total. The van der Waals surface area contributed by atoms with E-state index in [9.17, 15) is 4.79 Å². The molecule has 1 aromatic rings. The molecule has 0 amide bonds. The van der Waals surface area contributed by atoms with Gasteiger partial charge in [0.15, 0.2) is 0 Å². The largest absolute Gasteiger partial charge is 0.289 e. The third kappa shape index (κ3) is 1.16. The minimum atomic E-state index is 0.0306. The smallest absolute Gasteiger partial charge is 0.203 e. The molecule has 12 heavy (non-hydrogen) atoms. The number of nitrogens with zero attached hydrogens (tertiary/aromatic N) is 1. The maximum atomic E-state index is 11.4. The van der Waals surface area contributed by atoms with Crippen molar-refractivity contribution in [3.8, 4) is 0 Å². The van der Waals surface area contributed by atoms with Crippen molar-refractivity contribution in [3.05, 3.63) is 35.4 Å². The molecule has 2 heteroatoms. The van der Waals surface area contributed by atoms with Crippen LogP contribution in [0.25, 0.3) is 0 Å². The van der Waals surface area contributed by atoms with Gasteiger partial charge in [-0.1, -0.05) is 24.3 Å². The summed E-state index contributed by atoms with van der Waals surface area (Å²) >= 11 is 0. The topological polar surface area (TPSA) is 29.4 Å². The van der Waals surface area contributed by atoms with E-state index < -0.39 is 0 Å². The summed E-state index contributed by atoms with van der Waals surface area (Å²) in [6.45, 7) is 0.725. The van der Waals surface area contributed by atoms with Crippen molar-refractivity contribution in [2.24, 2.45) is 4.99 Å². The van der Waals surface area contributed by atoms with E-state index in [4.69, 9.17) is 0 Å². The van der Waals surface area contributed by atoms with Gasteiger partial charge in [-0.25, -0.2) is 0 Å². The van der Waals surface area contributed by atoms with E-state index in [0.717, 1.165) is 24.1 Å². The van der Waals surface area contributed by atoms with Gasteiger partial charge in [0.1, 0.15) is 0 Å². The summed E-state index contributed by atoms with van der Waals surface area (Å²) in [5.41, 5.74) is 1.92. The summed E-state index contributed by atoms with van der Waals surface area (Å²) in [4.78, 5) is 15.3. The van der Waals surface area contributed by atoms with Crippen molar-refractivity contribution in [3.63, 3.8) is 0 Å². The zero-order valence-corrected chi connectivity index (χ0v) is 6.66. The monoisotopic (exact) mass is 159 g/mol. The Morgan fingerprint density at radius 1 is 1.25 bits per heavy atom. The predicted octanol–water partition coefficient (Wildman–Crippen LogP) is 1.50. The lowest BCUT2D eigenvalue weighted by molar-refractivity contribution is 0.107. The fraction of sp³-hybridized carbons (Fsp3) is 0.200. The van der Waals surface area contributed by atoms with Crippen LogP contribution in [0.2, 0.25) is 0 Å². The molecule has 1 aliphatic heterocycles. The van der Waals surface area contributed by atoms with E-state index in [0.29, 0.717) is 0 Å². The number of carbonyl (C=O) groups is 1. The molecule has 60 valence electrons. The summed E-state index contributed by atoms with van der Waals surface area (Å²) in [5, 5.41) is 0. The highest BCUT2D eigenvalue weighted by atomic mass is 16.1. The highest BCUT2D eigenvalue weighted by Crippen LogP contribution is 2.11. The maximum Gasteiger partial charge on any atom is 0.203 e. The Morgan fingerprint density at radius 2 is 2.08 bits per heavy atom. The average molecular weight is 159 g/mol. The molecular weight excluding hydrogens is 150 g/mol. The quantitative estimate of drug-likeness (QED) is 0.564. The first-order chi connectivity index (χ1) is 5.88. The molecule has 0 bridgehead atoms. The lowest BCUT2D eigenvalue weighted by atomic mass is 10.0. The fourth-order valence-electron chi connectivity index (χ4n) is 1.38. The van der Waals surface area contributed by atoms with Crippen LogP contribution in [0, 0.1) is 0 Å². The van der Waals surface area contributed by atoms with Gasteiger partial charge < -0.3 is 0 Å². The van der Waals surface area contributed by atoms with E-state index >= 15 is 0 Å². The molecule has 1 aliphatic rings. The predicted molar refractivity (Wildman–Crippen MR) is 47.8 cm³/mol. The Hall–Kier alpha value is -1.44. The van der Waals surface area contributed by atoms with Gasteiger partial charge in [-0.2, -0.15) is 0 Å². The van der Waals surface area contributed by atoms with E-state index in [-0.39, 0.29) is 5.78 Å². The highest BCUT2D eigenvalue weighted by Gasteiger charge is 2.10. The molecular formula is C10H9NO. The summed E-state index contributed by atoms with van der Waals surface area (Å²) in [6.07, 6.45) is 2.30. The normalized spacial score (nSPS) is 15.5. The SMILES string of the molecule is O=C1C=NCCc2ccccc21. The van der Waals surface area contributed by atoms with E-state index in [1.165, 1.54) is 6.21 Å². The minimum Gasteiger partial charge on any atom is -0.289 e. The molecule has 0 aromatic heterocycles. The van der Waals surface area contributed by atoms with Crippen molar-refractivity contribution in [2.45, 2.75) is 6.42 Å². The summed E-state index contributed by atoms with van der Waals surface area (Å²) in [5.74, 6) is 0.0306. The van der Waals surface area contributed by atoms with Crippen LogP contribution in [-0.4, -0.2) is 18.5 Å². The van der Waals surface area contributed by atoms with Gasteiger partial charge in [-0.05, 0) is 12.0 Å². The number of carbonyl (C=O) groups excluding carboxylic acids is 1. The van der Waals surface area contributed by atoms with Crippen LogP contribution in [0.5, 0.6) is 0 Å². The fourth-order valence-corrected chi connectivity index (χ4v) is 1.38. The van der Waals surface area contributed by atoms with Crippen molar-refractivity contribution in [1.29, 1.82) is 0 Å². The second-order valence-electron chi connectivity index (χ2n) is 2.81. The molecule has 0 saturated carbocycles. The average Bonchev–Trinajstić information content (AvgIpc) is 2.29. The van der Waals surface area contributed by atoms with Gasteiger partial charge in [-0.15, -0.1) is 0 Å². The van der Waals surface area contributed by atoms with Gasteiger partial charge in [0.25, 0.3) is 0 Å². The second kappa shape index (κ2) is 2.89. The zero-order valence-electron chi connectivity index (χ0n) is 6.66. The number of Topliss-reactive ketones (excluding diaryl/α,β-unsaturated/α-hetero) is 1. The van der Waals surface area contributed by atoms with Crippen LogP contribution in [0.4, 0.5) is 0 Å². The van der Waals surface area contributed by atoms with Crippen LogP contribution in [-0.2, 0) is 6.42 Å². The van der Waals surface area contributed by atoms with E-state index in [1.54, 1.807) is 0 Å². The number of hydrogen-bond acceptors (Lipinski definition) is 2. The zero-order chi connectivity index (χ0) is 8.39. The van der Waals surface area contributed by atoms with Gasteiger partial charge >= 0.3 is 0 Å². The van der Waals surface area contributed by atoms with Crippen molar-refractivity contribution >= 4 is 12.0 Å². The van der Waals surface area contributed by atoms with Crippen molar-refractivity contribution in [2.75, 3.05) is 6.54 Å². The second-order valence-corrected chi connectivity index (χ2v) is 2.81. The number of benzene rings is 1. The lowest BCUT2D eigenvalue weighted by Crippen LogP contribution is -2.01. The number of rotatable bonds is 0. The van der Waals surface area contributed by atoms with Gasteiger partial charge in [0.05, 0.1) is 6.21 Å². The minimum absolute atomic E-state index is 0.0306. The molecule has 2 rings (SSSR count). The van der Waals surface area contributed by atoms with Gasteiger partial charge in [0, 0.05) is 12.1 Å². The van der Waals surface area contributed by atoms with Crippen LogP contribution in [0.1, 0.15) is 15.9 Å². The molecule has 1 heterocycles. The van der Waals surface area contributed by atoms with Crippen molar-refractivity contribution in [1.82, 2.24) is 0 Å². The molecule has 0 saturated heterocycles. The van der Waals surface area contributed by atoms with Crippen LogP contribution in [0.3, 0.4) is 0 Å². The number of fused-ring (bicyclic) bond motifs is 1. The van der Waals surface area contributed by atoms with Crippen LogP contribution in [0.15, 0.2) is 29.3 Å². The number of hydrogen-bond donors (Lipinski definition) is 0. The summed E-state index contributed by atoms with van der Waals surface area (Å²) in [7, 11) is 0. The number of aliphatic imine (C=N–C) groups is 1. The number of ketones is 1.